The van der Waals surface area contributed by atoms with Gasteiger partial charge in [0.2, 0.25) is 0 Å². The molecule has 0 aliphatic carbocycles. The summed E-state index contributed by atoms with van der Waals surface area (Å²) in [6.45, 7) is 0.674. The molecule has 0 saturated carbocycles. The molecule has 13 nitrogen and oxygen atoms in total. The Balaban J connectivity index is 1.76. The summed E-state index contributed by atoms with van der Waals surface area (Å²) in [5, 5.41) is 0. The zero-order valence-corrected chi connectivity index (χ0v) is 22.4. The van der Waals surface area contributed by atoms with Gasteiger partial charge in [-0.05, 0) is 0 Å². The topological polar surface area (TPSA) is 120 Å². The van der Waals surface area contributed by atoms with Gasteiger partial charge in [-0.25, -0.2) is 0 Å². The third-order valence-electron chi connectivity index (χ3n) is 6.95. The molecule has 0 N–H and O–H groups in total. The standard InChI is InChI=1S/C23H42O13/c1-24-12-9-34-23(19(29-6)15(12)26-3)36-17-13(25-2)10-33-22(20(17)30-7)35-14-11-32-21(31-8)18(28-5)16(14)27-4/h12-23H,9-11H2,1-8H3. The molecule has 3 heterocycles. The fraction of sp³-hybridized carbons (Fsp3) is 1.00. The maximum Gasteiger partial charge on any atom is 0.187 e. The maximum absolute atomic E-state index is 6.42. The molecule has 0 bridgehead atoms. The molecule has 0 aromatic carbocycles. The highest BCUT2D eigenvalue weighted by Gasteiger charge is 2.51. The molecular formula is C23H42O13. The molecule has 0 aromatic rings. The predicted molar refractivity (Wildman–Crippen MR) is 122 cm³/mol. The normalized spacial score (nSPS) is 44.0. The second-order valence-electron chi connectivity index (χ2n) is 8.67. The molecule has 0 spiro atoms. The highest BCUT2D eigenvalue weighted by Crippen LogP contribution is 2.32. The Morgan fingerprint density at radius 1 is 0.361 bits per heavy atom. The summed E-state index contributed by atoms with van der Waals surface area (Å²) in [5.41, 5.74) is 0. The van der Waals surface area contributed by atoms with E-state index in [2.05, 4.69) is 0 Å². The third kappa shape index (κ3) is 6.37. The minimum absolute atomic E-state index is 0.199. The first-order chi connectivity index (χ1) is 17.5. The molecule has 3 saturated heterocycles. The van der Waals surface area contributed by atoms with E-state index in [4.69, 9.17) is 61.6 Å². The summed E-state index contributed by atoms with van der Waals surface area (Å²) in [6, 6.07) is 0. The number of rotatable bonds is 12. The van der Waals surface area contributed by atoms with E-state index in [9.17, 15) is 0 Å². The Hall–Kier alpha value is -0.520. The van der Waals surface area contributed by atoms with Crippen molar-refractivity contribution in [2.24, 2.45) is 0 Å². The van der Waals surface area contributed by atoms with E-state index in [-0.39, 0.29) is 25.9 Å². The van der Waals surface area contributed by atoms with Gasteiger partial charge in [0.15, 0.2) is 18.9 Å². The van der Waals surface area contributed by atoms with Crippen LogP contribution in [0.4, 0.5) is 0 Å². The first kappa shape index (κ1) is 30.0. The van der Waals surface area contributed by atoms with Crippen molar-refractivity contribution in [1.82, 2.24) is 0 Å². The number of hydrogen-bond donors (Lipinski definition) is 0. The fourth-order valence-corrected chi connectivity index (χ4v) is 4.99. The average Bonchev–Trinajstić information content (AvgIpc) is 2.92. The SMILES string of the molecule is COC1COC(OC2C(OC)COC(OC3COC(OC)C(OC)C3OC)C2OC)C(OC)C1OC. The van der Waals surface area contributed by atoms with Gasteiger partial charge in [0.25, 0.3) is 0 Å². The van der Waals surface area contributed by atoms with Crippen molar-refractivity contribution in [3.8, 4) is 0 Å². The lowest BCUT2D eigenvalue weighted by Gasteiger charge is -2.47. The van der Waals surface area contributed by atoms with Crippen LogP contribution < -0.4 is 0 Å². The van der Waals surface area contributed by atoms with E-state index >= 15 is 0 Å². The van der Waals surface area contributed by atoms with Crippen LogP contribution in [-0.2, 0) is 61.6 Å². The third-order valence-corrected chi connectivity index (χ3v) is 6.95. The summed E-state index contributed by atoms with van der Waals surface area (Å²) < 4.78 is 75.4. The molecule has 3 fully saturated rings. The largest absolute Gasteiger partial charge is 0.376 e. The maximum atomic E-state index is 6.42. The van der Waals surface area contributed by atoms with E-state index in [1.807, 2.05) is 0 Å². The quantitative estimate of drug-likeness (QED) is 0.328. The summed E-state index contributed by atoms with van der Waals surface area (Å²) in [6.07, 6.45) is -6.66. The lowest BCUT2D eigenvalue weighted by atomic mass is 10.0. The van der Waals surface area contributed by atoms with Crippen molar-refractivity contribution >= 4 is 0 Å². The van der Waals surface area contributed by atoms with E-state index < -0.39 is 67.7 Å². The number of methoxy groups -OCH3 is 8. The van der Waals surface area contributed by atoms with Gasteiger partial charge in [0, 0.05) is 56.9 Å². The second kappa shape index (κ2) is 14.6. The molecule has 13 heteroatoms. The first-order valence-electron chi connectivity index (χ1n) is 11.9. The van der Waals surface area contributed by atoms with E-state index in [0.29, 0.717) is 0 Å². The molecule has 0 radical (unpaired) electrons. The lowest BCUT2D eigenvalue weighted by Crippen LogP contribution is -2.63. The summed E-state index contributed by atoms with van der Waals surface area (Å²) in [7, 11) is 12.6. The van der Waals surface area contributed by atoms with Gasteiger partial charge in [-0.2, -0.15) is 0 Å². The molecular weight excluding hydrogens is 484 g/mol. The molecule has 3 aliphatic rings. The van der Waals surface area contributed by atoms with Gasteiger partial charge < -0.3 is 61.6 Å². The van der Waals surface area contributed by atoms with Gasteiger partial charge in [-0.3, -0.25) is 0 Å². The molecule has 12 unspecified atom stereocenters. The Labute approximate surface area is 212 Å². The van der Waals surface area contributed by atoms with Gasteiger partial charge in [-0.15, -0.1) is 0 Å². The second-order valence-corrected chi connectivity index (χ2v) is 8.67. The highest BCUT2D eigenvalue weighted by molar-refractivity contribution is 4.93. The van der Waals surface area contributed by atoms with Gasteiger partial charge in [0.1, 0.15) is 54.9 Å². The van der Waals surface area contributed by atoms with Crippen LogP contribution in [0.25, 0.3) is 0 Å². The zero-order chi connectivity index (χ0) is 26.2. The first-order valence-corrected chi connectivity index (χ1v) is 11.9. The summed E-state index contributed by atoms with van der Waals surface area (Å²) in [5.74, 6) is 0. The molecule has 12 atom stereocenters. The van der Waals surface area contributed by atoms with Crippen LogP contribution in [0.2, 0.25) is 0 Å². The molecule has 0 amide bonds. The molecule has 0 aromatic heterocycles. The lowest BCUT2D eigenvalue weighted by molar-refractivity contribution is -0.359. The van der Waals surface area contributed by atoms with Crippen molar-refractivity contribution in [1.29, 1.82) is 0 Å². The van der Waals surface area contributed by atoms with Crippen molar-refractivity contribution < 1.29 is 61.6 Å². The number of hydrogen-bond acceptors (Lipinski definition) is 13. The van der Waals surface area contributed by atoms with Crippen LogP contribution in [0.15, 0.2) is 0 Å². The Morgan fingerprint density at radius 2 is 0.750 bits per heavy atom. The fourth-order valence-electron chi connectivity index (χ4n) is 4.99. The molecule has 3 rings (SSSR count). The molecule has 212 valence electrons. The van der Waals surface area contributed by atoms with Crippen molar-refractivity contribution in [2.75, 3.05) is 76.7 Å². The smallest absolute Gasteiger partial charge is 0.187 e. The van der Waals surface area contributed by atoms with Crippen LogP contribution in [0.1, 0.15) is 0 Å². The van der Waals surface area contributed by atoms with Crippen LogP contribution in [-0.4, -0.2) is 151 Å². The highest BCUT2D eigenvalue weighted by atomic mass is 16.8. The van der Waals surface area contributed by atoms with Crippen LogP contribution >= 0.6 is 0 Å². The van der Waals surface area contributed by atoms with E-state index in [0.717, 1.165) is 0 Å². The van der Waals surface area contributed by atoms with Gasteiger partial charge >= 0.3 is 0 Å². The number of ether oxygens (including phenoxy) is 13. The van der Waals surface area contributed by atoms with Crippen molar-refractivity contribution in [2.45, 2.75) is 73.8 Å². The van der Waals surface area contributed by atoms with Crippen LogP contribution in [0, 0.1) is 0 Å². The van der Waals surface area contributed by atoms with Crippen LogP contribution in [0.5, 0.6) is 0 Å². The molecule has 36 heavy (non-hydrogen) atoms. The van der Waals surface area contributed by atoms with E-state index in [1.165, 1.54) is 0 Å². The monoisotopic (exact) mass is 526 g/mol. The van der Waals surface area contributed by atoms with Crippen molar-refractivity contribution in [3.63, 3.8) is 0 Å². The Kier molecular flexibility index (Phi) is 12.2. The summed E-state index contributed by atoms with van der Waals surface area (Å²) in [4.78, 5) is 0. The zero-order valence-electron chi connectivity index (χ0n) is 22.4. The average molecular weight is 527 g/mol. The van der Waals surface area contributed by atoms with Crippen molar-refractivity contribution in [3.05, 3.63) is 0 Å². The minimum Gasteiger partial charge on any atom is -0.376 e. The summed E-state index contributed by atoms with van der Waals surface area (Å²) >= 11 is 0. The van der Waals surface area contributed by atoms with E-state index in [1.54, 1.807) is 56.9 Å². The van der Waals surface area contributed by atoms with Gasteiger partial charge in [0.05, 0.1) is 19.8 Å². The van der Waals surface area contributed by atoms with Gasteiger partial charge in [-0.1, -0.05) is 0 Å². The Morgan fingerprint density at radius 3 is 1.25 bits per heavy atom. The molecule has 3 aliphatic heterocycles. The van der Waals surface area contributed by atoms with Crippen LogP contribution in [0.3, 0.4) is 0 Å². The Bertz CT molecular complexity index is 627. The predicted octanol–water partition coefficient (Wildman–Crippen LogP) is -0.423. The minimum atomic E-state index is -0.816.